The molecule has 6 heteroatoms. The van der Waals surface area contributed by atoms with Gasteiger partial charge in [0, 0.05) is 6.04 Å². The molecule has 2 aliphatic rings. The highest BCUT2D eigenvalue weighted by atomic mass is 16.2. The maximum absolute atomic E-state index is 12.7. The lowest BCUT2D eigenvalue weighted by Gasteiger charge is -2.36. The number of hydrogen-bond acceptors (Lipinski definition) is 3. The number of carbonyl (C=O) groups is 3. The summed E-state index contributed by atoms with van der Waals surface area (Å²) in [5.74, 6) is -0.405. The number of rotatable bonds is 4. The molecule has 4 amide bonds. The molecule has 1 saturated heterocycles. The van der Waals surface area contributed by atoms with Gasteiger partial charge in [0.15, 0.2) is 0 Å². The van der Waals surface area contributed by atoms with E-state index in [0.29, 0.717) is 6.42 Å². The molecule has 1 saturated carbocycles. The molecular weight excluding hydrogens is 270 g/mol. The Bertz CT molecular complexity index is 451. The van der Waals surface area contributed by atoms with Gasteiger partial charge in [0.05, 0.1) is 0 Å². The Kier molecular flexibility index (Phi) is 4.54. The summed E-state index contributed by atoms with van der Waals surface area (Å²) in [7, 11) is 0. The van der Waals surface area contributed by atoms with E-state index in [1.54, 1.807) is 0 Å². The first-order valence-electron chi connectivity index (χ1n) is 7.84. The second kappa shape index (κ2) is 6.03. The molecule has 0 unspecified atom stereocenters. The van der Waals surface area contributed by atoms with Crippen molar-refractivity contribution < 1.29 is 14.4 Å². The fourth-order valence-electron chi connectivity index (χ4n) is 3.21. The Morgan fingerprint density at radius 2 is 2.19 bits per heavy atom. The Labute approximate surface area is 125 Å². The van der Waals surface area contributed by atoms with E-state index in [1.165, 1.54) is 0 Å². The van der Waals surface area contributed by atoms with Crippen LogP contribution < -0.4 is 10.6 Å². The number of carbonyl (C=O) groups excluding carboxylic acids is 3. The van der Waals surface area contributed by atoms with Gasteiger partial charge < -0.3 is 10.6 Å². The third-order valence-corrected chi connectivity index (χ3v) is 4.82. The Hall–Kier alpha value is -1.59. The summed E-state index contributed by atoms with van der Waals surface area (Å²) in [6, 6.07) is -0.395. The zero-order valence-corrected chi connectivity index (χ0v) is 13.1. The summed E-state index contributed by atoms with van der Waals surface area (Å²) in [6.07, 6.45) is 4.43. The summed E-state index contributed by atoms with van der Waals surface area (Å²) in [4.78, 5) is 37.8. The lowest BCUT2D eigenvalue weighted by Crippen LogP contribution is -2.54. The van der Waals surface area contributed by atoms with Crippen molar-refractivity contribution in [2.24, 2.45) is 5.92 Å². The van der Waals surface area contributed by atoms with Gasteiger partial charge >= 0.3 is 6.03 Å². The van der Waals surface area contributed by atoms with Gasteiger partial charge in [-0.05, 0) is 32.1 Å². The summed E-state index contributed by atoms with van der Waals surface area (Å²) in [6.45, 7) is 5.68. The average Bonchev–Trinajstić information content (AvgIpc) is 2.67. The van der Waals surface area contributed by atoms with Crippen LogP contribution in [0.1, 0.15) is 52.9 Å². The van der Waals surface area contributed by atoms with Crippen LogP contribution in [-0.4, -0.2) is 40.9 Å². The Morgan fingerprint density at radius 1 is 1.48 bits per heavy atom. The maximum Gasteiger partial charge on any atom is 0.325 e. The number of urea groups is 1. The zero-order chi connectivity index (χ0) is 15.6. The van der Waals surface area contributed by atoms with Crippen LogP contribution in [0, 0.1) is 5.92 Å². The van der Waals surface area contributed by atoms with Crippen molar-refractivity contribution in [3.8, 4) is 0 Å². The minimum atomic E-state index is -0.786. The molecular formula is C15H25N3O3. The van der Waals surface area contributed by atoms with E-state index in [0.717, 1.165) is 30.6 Å². The molecule has 0 aromatic rings. The average molecular weight is 295 g/mol. The van der Waals surface area contributed by atoms with E-state index in [9.17, 15) is 14.4 Å². The highest BCUT2D eigenvalue weighted by Crippen LogP contribution is 2.38. The topological polar surface area (TPSA) is 78.5 Å². The number of hydrogen-bond donors (Lipinski definition) is 2. The molecule has 0 bridgehead atoms. The number of nitrogens with zero attached hydrogens (tertiary/aromatic N) is 1. The molecule has 2 fully saturated rings. The molecule has 2 rings (SSSR count). The molecule has 1 aliphatic carbocycles. The van der Waals surface area contributed by atoms with Gasteiger partial charge in [-0.1, -0.05) is 26.7 Å². The van der Waals surface area contributed by atoms with E-state index in [-0.39, 0.29) is 30.3 Å². The number of amides is 4. The molecule has 1 aliphatic heterocycles. The van der Waals surface area contributed by atoms with Gasteiger partial charge in [-0.15, -0.1) is 0 Å². The van der Waals surface area contributed by atoms with Crippen LogP contribution in [0.5, 0.6) is 0 Å². The standard InChI is InChI=1S/C15H25N3O3/c1-4-11(3)16-12(19)9-18-13(20)15(17-14(18)21)8-6-5-7-10(15)2/h10-11H,4-9H2,1-3H3,(H,16,19)(H,17,21)/t10-,11+,15-/m0/s1. The fourth-order valence-corrected chi connectivity index (χ4v) is 3.21. The third kappa shape index (κ3) is 2.89. The Balaban J connectivity index is 2.06. The van der Waals surface area contributed by atoms with Gasteiger partial charge in [0.1, 0.15) is 12.1 Å². The van der Waals surface area contributed by atoms with Gasteiger partial charge in [-0.2, -0.15) is 0 Å². The van der Waals surface area contributed by atoms with Crippen molar-refractivity contribution in [2.75, 3.05) is 6.54 Å². The predicted octanol–water partition coefficient (Wildman–Crippen LogP) is 1.40. The molecule has 0 aromatic heterocycles. The van der Waals surface area contributed by atoms with E-state index in [4.69, 9.17) is 0 Å². The first-order chi connectivity index (χ1) is 9.90. The minimum absolute atomic E-state index is 0.0424. The van der Waals surface area contributed by atoms with Crippen molar-refractivity contribution in [3.05, 3.63) is 0 Å². The predicted molar refractivity (Wildman–Crippen MR) is 78.5 cm³/mol. The first-order valence-corrected chi connectivity index (χ1v) is 7.84. The van der Waals surface area contributed by atoms with Crippen molar-refractivity contribution in [3.63, 3.8) is 0 Å². The molecule has 1 spiro atoms. The largest absolute Gasteiger partial charge is 0.352 e. The van der Waals surface area contributed by atoms with Gasteiger partial charge in [-0.3, -0.25) is 14.5 Å². The van der Waals surface area contributed by atoms with Crippen LogP contribution in [0.3, 0.4) is 0 Å². The second-order valence-electron chi connectivity index (χ2n) is 6.32. The number of imide groups is 1. The van der Waals surface area contributed by atoms with Crippen LogP contribution in [-0.2, 0) is 9.59 Å². The van der Waals surface area contributed by atoms with Gasteiger partial charge in [0.2, 0.25) is 5.91 Å². The Morgan fingerprint density at radius 3 is 2.81 bits per heavy atom. The first kappa shape index (κ1) is 15.8. The second-order valence-corrected chi connectivity index (χ2v) is 6.32. The fraction of sp³-hybridized carbons (Fsp3) is 0.800. The van der Waals surface area contributed by atoms with E-state index >= 15 is 0 Å². The van der Waals surface area contributed by atoms with E-state index in [1.807, 2.05) is 20.8 Å². The van der Waals surface area contributed by atoms with E-state index < -0.39 is 11.6 Å². The normalized spacial score (nSPS) is 30.4. The summed E-state index contributed by atoms with van der Waals surface area (Å²) >= 11 is 0. The molecule has 2 N–H and O–H groups in total. The van der Waals surface area contributed by atoms with Crippen LogP contribution in [0.4, 0.5) is 4.79 Å². The van der Waals surface area contributed by atoms with Gasteiger partial charge in [0.25, 0.3) is 5.91 Å². The monoisotopic (exact) mass is 295 g/mol. The van der Waals surface area contributed by atoms with Gasteiger partial charge in [-0.25, -0.2) is 4.79 Å². The smallest absolute Gasteiger partial charge is 0.325 e. The molecule has 21 heavy (non-hydrogen) atoms. The summed E-state index contributed by atoms with van der Waals surface area (Å²) in [5.41, 5.74) is -0.786. The van der Waals surface area contributed by atoms with Crippen molar-refractivity contribution in [2.45, 2.75) is 64.5 Å². The van der Waals surface area contributed by atoms with Crippen LogP contribution in [0.25, 0.3) is 0 Å². The third-order valence-electron chi connectivity index (χ3n) is 4.82. The lowest BCUT2D eigenvalue weighted by atomic mass is 9.73. The molecule has 6 nitrogen and oxygen atoms in total. The molecule has 0 radical (unpaired) electrons. The van der Waals surface area contributed by atoms with E-state index in [2.05, 4.69) is 10.6 Å². The highest BCUT2D eigenvalue weighted by Gasteiger charge is 2.55. The zero-order valence-electron chi connectivity index (χ0n) is 13.1. The lowest BCUT2D eigenvalue weighted by molar-refractivity contribution is -0.137. The van der Waals surface area contributed by atoms with Crippen LogP contribution in [0.15, 0.2) is 0 Å². The van der Waals surface area contributed by atoms with Crippen LogP contribution in [0.2, 0.25) is 0 Å². The van der Waals surface area contributed by atoms with Crippen molar-refractivity contribution in [1.82, 2.24) is 15.5 Å². The molecule has 0 aromatic carbocycles. The van der Waals surface area contributed by atoms with Crippen molar-refractivity contribution >= 4 is 17.8 Å². The molecule has 1 heterocycles. The maximum atomic E-state index is 12.7. The number of nitrogens with one attached hydrogen (secondary N) is 2. The summed E-state index contributed by atoms with van der Waals surface area (Å²) < 4.78 is 0. The SMILES string of the molecule is CC[C@@H](C)NC(=O)CN1C(=O)N[C@]2(CCCC[C@@H]2C)C1=O. The van der Waals surface area contributed by atoms with Crippen molar-refractivity contribution in [1.29, 1.82) is 0 Å². The molecule has 3 atom stereocenters. The van der Waals surface area contributed by atoms with Crippen LogP contribution >= 0.6 is 0 Å². The summed E-state index contributed by atoms with van der Waals surface area (Å²) in [5, 5.41) is 5.64. The quantitative estimate of drug-likeness (QED) is 0.770. The minimum Gasteiger partial charge on any atom is -0.352 e. The molecule has 118 valence electrons. The highest BCUT2D eigenvalue weighted by molar-refractivity contribution is 6.09.